The molecule has 3 aromatic rings. The zero-order valence-electron chi connectivity index (χ0n) is 9.94. The van der Waals surface area contributed by atoms with E-state index >= 15 is 0 Å². The van der Waals surface area contributed by atoms with Crippen molar-refractivity contribution in [3.63, 3.8) is 0 Å². The summed E-state index contributed by atoms with van der Waals surface area (Å²) in [4.78, 5) is 21.1. The highest BCUT2D eigenvalue weighted by atomic mass is 32.1. The van der Waals surface area contributed by atoms with E-state index in [4.69, 9.17) is 5.11 Å². The predicted octanol–water partition coefficient (Wildman–Crippen LogP) is 1.67. The summed E-state index contributed by atoms with van der Waals surface area (Å²) >= 11 is 3.04. The normalized spacial score (nSPS) is 16.4. The standard InChI is InChI=1S/C12H11N3O2S2/c16-6-7-4-14(5-7)11(17)9-3-8-10(19-9)13-12-15(8)1-2-18-12/h1-3,7,16H,4-6H2. The van der Waals surface area contributed by atoms with Crippen molar-refractivity contribution in [2.75, 3.05) is 19.7 Å². The average molecular weight is 293 g/mol. The molecular formula is C12H11N3O2S2. The van der Waals surface area contributed by atoms with Crippen molar-refractivity contribution in [1.29, 1.82) is 0 Å². The monoisotopic (exact) mass is 293 g/mol. The minimum atomic E-state index is 0.0525. The van der Waals surface area contributed by atoms with Crippen LogP contribution < -0.4 is 0 Å². The van der Waals surface area contributed by atoms with Gasteiger partial charge in [0.15, 0.2) is 4.96 Å². The average Bonchev–Trinajstić information content (AvgIpc) is 2.97. The fourth-order valence-electron chi connectivity index (χ4n) is 2.36. The Hall–Kier alpha value is -1.44. The molecule has 5 nitrogen and oxygen atoms in total. The quantitative estimate of drug-likeness (QED) is 0.782. The lowest BCUT2D eigenvalue weighted by Gasteiger charge is -2.37. The number of likely N-dealkylation sites (tertiary alicyclic amines) is 1. The molecule has 0 atom stereocenters. The molecule has 19 heavy (non-hydrogen) atoms. The number of aliphatic hydroxyl groups is 1. The van der Waals surface area contributed by atoms with Crippen molar-refractivity contribution >= 4 is 43.9 Å². The molecule has 1 aliphatic rings. The van der Waals surface area contributed by atoms with Crippen LogP contribution in [0.4, 0.5) is 0 Å². The molecule has 4 heterocycles. The van der Waals surface area contributed by atoms with E-state index in [-0.39, 0.29) is 18.4 Å². The molecule has 0 spiro atoms. The number of hydrogen-bond donors (Lipinski definition) is 1. The number of rotatable bonds is 2. The number of aliphatic hydroxyl groups excluding tert-OH is 1. The predicted molar refractivity (Wildman–Crippen MR) is 74.9 cm³/mol. The van der Waals surface area contributed by atoms with Crippen molar-refractivity contribution < 1.29 is 9.90 Å². The summed E-state index contributed by atoms with van der Waals surface area (Å²) in [5.41, 5.74) is 1.00. The second-order valence-corrected chi connectivity index (χ2v) is 6.63. The number of carbonyl (C=O) groups excluding carboxylic acids is 1. The maximum atomic E-state index is 12.3. The molecule has 1 aliphatic heterocycles. The molecule has 0 bridgehead atoms. The van der Waals surface area contributed by atoms with Gasteiger partial charge < -0.3 is 10.0 Å². The number of amides is 1. The Kier molecular flexibility index (Phi) is 2.41. The molecule has 3 aromatic heterocycles. The minimum absolute atomic E-state index is 0.0525. The molecule has 1 amide bonds. The van der Waals surface area contributed by atoms with Crippen molar-refractivity contribution in [1.82, 2.24) is 14.3 Å². The van der Waals surface area contributed by atoms with Gasteiger partial charge in [0.05, 0.1) is 10.4 Å². The van der Waals surface area contributed by atoms with Gasteiger partial charge in [-0.15, -0.1) is 22.7 Å². The SMILES string of the molecule is O=C(c1cc2c(nc3sccn32)s1)N1CC(CO)C1. The highest BCUT2D eigenvalue weighted by Gasteiger charge is 2.31. The van der Waals surface area contributed by atoms with Gasteiger partial charge in [0.1, 0.15) is 4.83 Å². The Morgan fingerprint density at radius 2 is 2.37 bits per heavy atom. The van der Waals surface area contributed by atoms with Gasteiger partial charge in [-0.05, 0) is 6.07 Å². The van der Waals surface area contributed by atoms with Crippen molar-refractivity contribution in [2.24, 2.45) is 5.92 Å². The molecular weight excluding hydrogens is 282 g/mol. The summed E-state index contributed by atoms with van der Waals surface area (Å²) < 4.78 is 2.01. The Balaban J connectivity index is 1.67. The number of nitrogens with zero attached hydrogens (tertiary/aromatic N) is 3. The Bertz CT molecular complexity index is 766. The molecule has 0 radical (unpaired) electrons. The van der Waals surface area contributed by atoms with Crippen LogP contribution in [0.1, 0.15) is 9.67 Å². The van der Waals surface area contributed by atoms with Crippen LogP contribution in [0, 0.1) is 5.92 Å². The van der Waals surface area contributed by atoms with Gasteiger partial charge in [-0.1, -0.05) is 0 Å². The number of thiophene rings is 1. The Morgan fingerprint density at radius 1 is 1.53 bits per heavy atom. The minimum Gasteiger partial charge on any atom is -0.396 e. The van der Waals surface area contributed by atoms with Crippen LogP contribution in [-0.2, 0) is 0 Å². The number of aromatic nitrogens is 2. The van der Waals surface area contributed by atoms with E-state index in [1.165, 1.54) is 11.3 Å². The summed E-state index contributed by atoms with van der Waals surface area (Å²) in [5, 5.41) is 11.0. The highest BCUT2D eigenvalue weighted by Crippen LogP contribution is 2.30. The highest BCUT2D eigenvalue weighted by molar-refractivity contribution is 7.21. The van der Waals surface area contributed by atoms with Crippen LogP contribution in [-0.4, -0.2) is 45.0 Å². The lowest BCUT2D eigenvalue weighted by molar-refractivity contribution is 0.0366. The molecule has 1 saturated heterocycles. The second kappa shape index (κ2) is 4.03. The molecule has 1 N–H and O–H groups in total. The zero-order valence-corrected chi connectivity index (χ0v) is 11.6. The van der Waals surface area contributed by atoms with E-state index < -0.39 is 0 Å². The number of carbonyl (C=O) groups is 1. The lowest BCUT2D eigenvalue weighted by atomic mass is 10.0. The van der Waals surface area contributed by atoms with Crippen LogP contribution in [0.5, 0.6) is 0 Å². The van der Waals surface area contributed by atoms with Crippen LogP contribution in [0.25, 0.3) is 15.3 Å². The fraction of sp³-hybridized carbons (Fsp3) is 0.333. The van der Waals surface area contributed by atoms with E-state index in [0.717, 1.165) is 20.2 Å². The van der Waals surface area contributed by atoms with Gasteiger partial charge in [0.2, 0.25) is 0 Å². The molecule has 1 fully saturated rings. The largest absolute Gasteiger partial charge is 0.396 e. The number of imidazole rings is 1. The van der Waals surface area contributed by atoms with Gasteiger partial charge in [-0.3, -0.25) is 9.20 Å². The van der Waals surface area contributed by atoms with Crippen LogP contribution >= 0.6 is 22.7 Å². The molecule has 0 aromatic carbocycles. The molecule has 0 unspecified atom stereocenters. The number of thiazole rings is 1. The second-order valence-electron chi connectivity index (χ2n) is 4.73. The van der Waals surface area contributed by atoms with Gasteiger partial charge >= 0.3 is 0 Å². The van der Waals surface area contributed by atoms with Crippen LogP contribution in [0.15, 0.2) is 17.6 Å². The smallest absolute Gasteiger partial charge is 0.264 e. The van der Waals surface area contributed by atoms with Crippen molar-refractivity contribution in [3.8, 4) is 0 Å². The van der Waals surface area contributed by atoms with E-state index in [1.54, 1.807) is 16.2 Å². The third-order valence-corrected chi connectivity index (χ3v) is 5.22. The Morgan fingerprint density at radius 3 is 3.16 bits per heavy atom. The molecule has 0 aliphatic carbocycles. The van der Waals surface area contributed by atoms with Gasteiger partial charge in [0, 0.05) is 37.2 Å². The molecule has 4 rings (SSSR count). The maximum Gasteiger partial charge on any atom is 0.264 e. The fourth-order valence-corrected chi connectivity index (χ4v) is 4.13. The Labute approximate surface area is 116 Å². The molecule has 0 saturated carbocycles. The first-order valence-electron chi connectivity index (χ1n) is 6.01. The van der Waals surface area contributed by atoms with E-state index in [9.17, 15) is 4.79 Å². The van der Waals surface area contributed by atoms with Gasteiger partial charge in [-0.2, -0.15) is 0 Å². The van der Waals surface area contributed by atoms with E-state index in [1.807, 2.05) is 22.0 Å². The number of hydrogen-bond acceptors (Lipinski definition) is 5. The molecule has 7 heteroatoms. The third kappa shape index (κ3) is 1.62. The molecule has 98 valence electrons. The zero-order chi connectivity index (χ0) is 13.0. The first-order chi connectivity index (χ1) is 9.26. The summed E-state index contributed by atoms with van der Waals surface area (Å²) in [6.07, 6.45) is 1.97. The lowest BCUT2D eigenvalue weighted by Crippen LogP contribution is -2.51. The summed E-state index contributed by atoms with van der Waals surface area (Å²) in [7, 11) is 0. The summed E-state index contributed by atoms with van der Waals surface area (Å²) in [5.74, 6) is 0.301. The van der Waals surface area contributed by atoms with Crippen molar-refractivity contribution in [2.45, 2.75) is 0 Å². The maximum absolute atomic E-state index is 12.3. The first kappa shape index (κ1) is 11.4. The summed E-state index contributed by atoms with van der Waals surface area (Å²) in [6.45, 7) is 1.48. The van der Waals surface area contributed by atoms with E-state index in [2.05, 4.69) is 4.98 Å². The van der Waals surface area contributed by atoms with Crippen LogP contribution in [0.2, 0.25) is 0 Å². The van der Waals surface area contributed by atoms with Gasteiger partial charge in [0.25, 0.3) is 5.91 Å². The van der Waals surface area contributed by atoms with Crippen LogP contribution in [0.3, 0.4) is 0 Å². The number of fused-ring (bicyclic) bond motifs is 3. The topological polar surface area (TPSA) is 57.8 Å². The van der Waals surface area contributed by atoms with Gasteiger partial charge in [-0.25, -0.2) is 4.98 Å². The summed E-state index contributed by atoms with van der Waals surface area (Å²) in [6, 6.07) is 1.92. The first-order valence-corrected chi connectivity index (χ1v) is 7.71. The third-order valence-electron chi connectivity index (χ3n) is 3.45. The van der Waals surface area contributed by atoms with E-state index in [0.29, 0.717) is 13.1 Å². The van der Waals surface area contributed by atoms with Crippen molar-refractivity contribution in [3.05, 3.63) is 22.5 Å².